The van der Waals surface area contributed by atoms with Crippen molar-refractivity contribution < 1.29 is 9.90 Å². The van der Waals surface area contributed by atoms with E-state index in [1.54, 1.807) is 0 Å². The van der Waals surface area contributed by atoms with E-state index in [0.29, 0.717) is 5.88 Å². The van der Waals surface area contributed by atoms with E-state index in [1.165, 1.54) is 6.92 Å². The van der Waals surface area contributed by atoms with Crippen molar-refractivity contribution in [2.24, 2.45) is 5.41 Å². The van der Waals surface area contributed by atoms with Crippen LogP contribution in [-0.4, -0.2) is 22.9 Å². The van der Waals surface area contributed by atoms with E-state index in [2.05, 4.69) is 11.8 Å². The van der Waals surface area contributed by atoms with E-state index in [9.17, 15) is 9.90 Å². The molecule has 0 heterocycles. The topological polar surface area (TPSA) is 37.3 Å². The SMILES string of the molecule is CC(=O)C[C@H](O)C(C)(C)C#CCCCCCl. The number of hydrogen-bond acceptors (Lipinski definition) is 2. The summed E-state index contributed by atoms with van der Waals surface area (Å²) in [5.41, 5.74) is -0.521. The molecular weight excluding hydrogens is 224 g/mol. The molecule has 92 valence electrons. The number of alkyl halides is 1. The highest BCUT2D eigenvalue weighted by atomic mass is 35.5. The highest BCUT2D eigenvalue weighted by Crippen LogP contribution is 2.22. The predicted octanol–water partition coefficient (Wildman–Crippen LogP) is 2.77. The van der Waals surface area contributed by atoms with Gasteiger partial charge in [-0.25, -0.2) is 0 Å². The van der Waals surface area contributed by atoms with Crippen LogP contribution in [0.4, 0.5) is 0 Å². The zero-order valence-electron chi connectivity index (χ0n) is 10.3. The average molecular weight is 245 g/mol. The Kier molecular flexibility index (Phi) is 7.45. The number of carbonyl (C=O) groups excluding carboxylic acids is 1. The minimum atomic E-state index is -0.689. The van der Waals surface area contributed by atoms with E-state index >= 15 is 0 Å². The standard InChI is InChI=1S/C13H21ClO2/c1-11(15)10-12(16)13(2,3)8-6-4-5-7-9-14/h12,16H,4-5,7,9-10H2,1-3H3/t12-/m0/s1. The van der Waals surface area contributed by atoms with Crippen molar-refractivity contribution in [1.29, 1.82) is 0 Å². The van der Waals surface area contributed by atoms with Crippen molar-refractivity contribution in [3.63, 3.8) is 0 Å². The van der Waals surface area contributed by atoms with Gasteiger partial charge in [-0.3, -0.25) is 4.79 Å². The maximum Gasteiger partial charge on any atom is 0.132 e. The molecule has 0 aromatic heterocycles. The van der Waals surface area contributed by atoms with Crippen LogP contribution in [0.2, 0.25) is 0 Å². The molecule has 0 aromatic carbocycles. The van der Waals surface area contributed by atoms with Crippen LogP contribution in [0, 0.1) is 17.3 Å². The molecule has 0 unspecified atom stereocenters. The number of hydrogen-bond donors (Lipinski definition) is 1. The van der Waals surface area contributed by atoms with Gasteiger partial charge < -0.3 is 5.11 Å². The lowest BCUT2D eigenvalue weighted by Gasteiger charge is -2.23. The molecule has 0 aromatic rings. The predicted molar refractivity (Wildman–Crippen MR) is 67.4 cm³/mol. The Morgan fingerprint density at radius 1 is 1.44 bits per heavy atom. The molecule has 1 N–H and O–H groups in total. The normalized spacial score (nSPS) is 12.8. The van der Waals surface area contributed by atoms with Gasteiger partial charge in [0, 0.05) is 18.7 Å². The summed E-state index contributed by atoms with van der Waals surface area (Å²) in [6.07, 6.45) is 2.22. The first-order valence-corrected chi connectivity index (χ1v) is 6.17. The number of ketones is 1. The molecule has 0 saturated carbocycles. The van der Waals surface area contributed by atoms with Gasteiger partial charge in [0.1, 0.15) is 5.78 Å². The van der Waals surface area contributed by atoms with E-state index in [1.807, 2.05) is 13.8 Å². The lowest BCUT2D eigenvalue weighted by molar-refractivity contribution is -0.119. The second kappa shape index (κ2) is 7.70. The first-order valence-electron chi connectivity index (χ1n) is 5.63. The van der Waals surface area contributed by atoms with Gasteiger partial charge in [0.05, 0.1) is 11.5 Å². The number of aliphatic hydroxyl groups is 1. The molecule has 2 nitrogen and oxygen atoms in total. The van der Waals surface area contributed by atoms with Crippen LogP contribution in [0.5, 0.6) is 0 Å². The lowest BCUT2D eigenvalue weighted by atomic mass is 9.84. The molecule has 16 heavy (non-hydrogen) atoms. The summed E-state index contributed by atoms with van der Waals surface area (Å²) in [5, 5.41) is 9.81. The highest BCUT2D eigenvalue weighted by Gasteiger charge is 2.26. The van der Waals surface area contributed by atoms with Crippen LogP contribution < -0.4 is 0 Å². The Labute approximate surface area is 103 Å². The molecule has 0 amide bonds. The van der Waals surface area contributed by atoms with Gasteiger partial charge in [0.2, 0.25) is 0 Å². The summed E-state index contributed by atoms with van der Waals surface area (Å²) in [6.45, 7) is 5.19. The molecule has 3 heteroatoms. The van der Waals surface area contributed by atoms with Gasteiger partial charge in [0.25, 0.3) is 0 Å². The van der Waals surface area contributed by atoms with Crippen LogP contribution in [0.15, 0.2) is 0 Å². The second-order valence-electron chi connectivity index (χ2n) is 4.59. The smallest absolute Gasteiger partial charge is 0.132 e. The first-order chi connectivity index (χ1) is 7.40. The molecule has 0 aliphatic rings. The van der Waals surface area contributed by atoms with Crippen molar-refractivity contribution in [2.45, 2.75) is 52.6 Å². The van der Waals surface area contributed by atoms with Gasteiger partial charge in [0.15, 0.2) is 0 Å². The largest absolute Gasteiger partial charge is 0.391 e. The summed E-state index contributed by atoms with van der Waals surface area (Å²) < 4.78 is 0. The van der Waals surface area contributed by atoms with E-state index in [0.717, 1.165) is 19.3 Å². The van der Waals surface area contributed by atoms with Crippen LogP contribution in [0.3, 0.4) is 0 Å². The van der Waals surface area contributed by atoms with Crippen LogP contribution in [0.25, 0.3) is 0 Å². The molecule has 0 aliphatic carbocycles. The number of aliphatic hydroxyl groups excluding tert-OH is 1. The summed E-state index contributed by atoms with van der Waals surface area (Å²) in [4.78, 5) is 10.9. The van der Waals surface area contributed by atoms with Gasteiger partial charge in [-0.2, -0.15) is 0 Å². The van der Waals surface area contributed by atoms with Gasteiger partial charge in [-0.15, -0.1) is 17.5 Å². The Hall–Kier alpha value is -0.520. The number of unbranched alkanes of at least 4 members (excludes halogenated alkanes) is 2. The average Bonchev–Trinajstić information content (AvgIpc) is 2.16. The van der Waals surface area contributed by atoms with Crippen LogP contribution in [0.1, 0.15) is 46.5 Å². The van der Waals surface area contributed by atoms with Crippen LogP contribution >= 0.6 is 11.6 Å². The minimum Gasteiger partial charge on any atom is -0.391 e. The monoisotopic (exact) mass is 244 g/mol. The third kappa shape index (κ3) is 6.87. The van der Waals surface area contributed by atoms with E-state index in [4.69, 9.17) is 11.6 Å². The molecule has 0 spiro atoms. The van der Waals surface area contributed by atoms with Crippen molar-refractivity contribution in [2.75, 3.05) is 5.88 Å². The number of halogens is 1. The summed E-state index contributed by atoms with van der Waals surface area (Å²) >= 11 is 5.55. The second-order valence-corrected chi connectivity index (χ2v) is 4.97. The van der Waals surface area contributed by atoms with Crippen molar-refractivity contribution in [3.05, 3.63) is 0 Å². The van der Waals surface area contributed by atoms with E-state index in [-0.39, 0.29) is 12.2 Å². The molecule has 0 saturated heterocycles. The zero-order valence-corrected chi connectivity index (χ0v) is 11.1. The lowest BCUT2D eigenvalue weighted by Crippen LogP contribution is -2.29. The van der Waals surface area contributed by atoms with Crippen molar-refractivity contribution in [1.82, 2.24) is 0 Å². The fraction of sp³-hybridized carbons (Fsp3) is 0.769. The first kappa shape index (κ1) is 15.5. The Morgan fingerprint density at radius 3 is 2.56 bits per heavy atom. The quantitative estimate of drug-likeness (QED) is 0.443. The Bertz CT molecular complexity index is 273. The molecule has 0 rings (SSSR count). The third-order valence-electron chi connectivity index (χ3n) is 2.41. The van der Waals surface area contributed by atoms with Crippen LogP contribution in [-0.2, 0) is 4.79 Å². The molecular formula is C13H21ClO2. The van der Waals surface area contributed by atoms with E-state index < -0.39 is 11.5 Å². The number of Topliss-reactive ketones (excluding diaryl/α,β-unsaturated/α-hetero) is 1. The summed E-state index contributed by atoms with van der Waals surface area (Å²) in [7, 11) is 0. The van der Waals surface area contributed by atoms with Crippen molar-refractivity contribution >= 4 is 17.4 Å². The number of carbonyl (C=O) groups is 1. The molecule has 0 fully saturated rings. The highest BCUT2D eigenvalue weighted by molar-refractivity contribution is 6.17. The fourth-order valence-corrected chi connectivity index (χ4v) is 1.40. The van der Waals surface area contributed by atoms with Gasteiger partial charge >= 0.3 is 0 Å². The maximum atomic E-state index is 10.9. The molecule has 0 aliphatic heterocycles. The molecule has 0 radical (unpaired) electrons. The summed E-state index contributed by atoms with van der Waals surface area (Å²) in [6, 6.07) is 0. The third-order valence-corrected chi connectivity index (χ3v) is 2.68. The minimum absolute atomic E-state index is 0.00971. The Morgan fingerprint density at radius 2 is 2.06 bits per heavy atom. The Balaban J connectivity index is 4.15. The van der Waals surface area contributed by atoms with Crippen molar-refractivity contribution in [3.8, 4) is 11.8 Å². The van der Waals surface area contributed by atoms with Gasteiger partial charge in [-0.1, -0.05) is 5.92 Å². The molecule has 1 atom stereocenters. The fourth-order valence-electron chi connectivity index (χ4n) is 1.21. The van der Waals surface area contributed by atoms with Gasteiger partial charge in [-0.05, 0) is 33.6 Å². The number of rotatable bonds is 6. The molecule has 0 bridgehead atoms. The summed E-state index contributed by atoms with van der Waals surface area (Å²) in [5.74, 6) is 6.72. The maximum absolute atomic E-state index is 10.9. The zero-order chi connectivity index (χ0) is 12.6.